The van der Waals surface area contributed by atoms with Crippen LogP contribution in [0.25, 0.3) is 0 Å². The number of hydrogen-bond acceptors (Lipinski definition) is 3. The van der Waals surface area contributed by atoms with Gasteiger partial charge in [-0.15, -0.1) is 0 Å². The topological polar surface area (TPSA) is 50.2 Å². The molecule has 1 fully saturated rings. The number of likely N-dealkylation sites (tertiary alicyclic amines) is 1. The first-order valence-electron chi connectivity index (χ1n) is 11.0. The van der Waals surface area contributed by atoms with E-state index in [1.165, 1.54) is 24.2 Å². The number of carbonyl (C=O) groups excluding carboxylic acids is 1. The summed E-state index contributed by atoms with van der Waals surface area (Å²) in [6.07, 6.45) is 7.14. The highest BCUT2D eigenvalue weighted by molar-refractivity contribution is 5.94. The van der Waals surface area contributed by atoms with Crippen LogP contribution in [0.15, 0.2) is 24.3 Å². The molecule has 156 valence electrons. The van der Waals surface area contributed by atoms with Crippen LogP contribution in [0.1, 0.15) is 59.9 Å². The van der Waals surface area contributed by atoms with Crippen LogP contribution in [0.3, 0.4) is 0 Å². The summed E-state index contributed by atoms with van der Waals surface area (Å²) in [5.74, 6) is -0.0829. The molecule has 0 radical (unpaired) electrons. The Bertz CT molecular complexity index is 839. The lowest BCUT2D eigenvalue weighted by Crippen LogP contribution is -2.38. The number of aryl methyl sites for hydroxylation is 1. The van der Waals surface area contributed by atoms with E-state index in [9.17, 15) is 9.18 Å². The SMILES string of the molecule is CCn1nc(C(=O)N2CCCCC2)c2c1CC[C@H](NCCc1ccc(F)cc1)C2. The highest BCUT2D eigenvalue weighted by Gasteiger charge is 2.31. The smallest absolute Gasteiger partial charge is 0.274 e. The molecule has 1 aliphatic heterocycles. The van der Waals surface area contributed by atoms with Crippen LogP contribution in [-0.4, -0.2) is 46.3 Å². The van der Waals surface area contributed by atoms with Gasteiger partial charge in [-0.25, -0.2) is 4.39 Å². The molecule has 29 heavy (non-hydrogen) atoms. The predicted octanol–water partition coefficient (Wildman–Crippen LogP) is 3.36. The minimum atomic E-state index is -0.194. The average Bonchev–Trinajstić information content (AvgIpc) is 3.13. The molecule has 0 bridgehead atoms. The van der Waals surface area contributed by atoms with E-state index in [0.717, 1.165) is 75.8 Å². The summed E-state index contributed by atoms with van der Waals surface area (Å²) in [4.78, 5) is 15.1. The Labute approximate surface area is 172 Å². The van der Waals surface area contributed by atoms with E-state index in [2.05, 4.69) is 12.2 Å². The van der Waals surface area contributed by atoms with Crippen molar-refractivity contribution in [2.45, 2.75) is 64.5 Å². The summed E-state index contributed by atoms with van der Waals surface area (Å²) in [7, 11) is 0. The second kappa shape index (κ2) is 9.08. The molecule has 0 unspecified atom stereocenters. The molecule has 2 aliphatic rings. The van der Waals surface area contributed by atoms with Gasteiger partial charge in [-0.2, -0.15) is 5.10 Å². The van der Waals surface area contributed by atoms with Gasteiger partial charge in [0, 0.05) is 36.9 Å². The number of nitrogens with zero attached hydrogens (tertiary/aromatic N) is 3. The molecule has 0 spiro atoms. The summed E-state index contributed by atoms with van der Waals surface area (Å²) in [5.41, 5.74) is 4.20. The van der Waals surface area contributed by atoms with Crippen LogP contribution in [0.4, 0.5) is 4.39 Å². The highest BCUT2D eigenvalue weighted by atomic mass is 19.1. The molecule has 2 heterocycles. The van der Waals surface area contributed by atoms with Crippen molar-refractivity contribution in [3.8, 4) is 0 Å². The Balaban J connectivity index is 1.42. The number of carbonyl (C=O) groups is 1. The lowest BCUT2D eigenvalue weighted by molar-refractivity contribution is 0.0716. The first-order valence-corrected chi connectivity index (χ1v) is 11.0. The summed E-state index contributed by atoms with van der Waals surface area (Å²) in [6.45, 7) is 5.45. The number of rotatable bonds is 6. The van der Waals surface area contributed by atoms with E-state index in [1.807, 2.05) is 21.7 Å². The molecule has 1 aromatic carbocycles. The van der Waals surface area contributed by atoms with Crippen molar-refractivity contribution in [3.05, 3.63) is 52.6 Å². The monoisotopic (exact) mass is 398 g/mol. The zero-order valence-electron chi connectivity index (χ0n) is 17.3. The third kappa shape index (κ3) is 4.53. The number of nitrogens with one attached hydrogen (secondary N) is 1. The van der Waals surface area contributed by atoms with Crippen LogP contribution in [0.2, 0.25) is 0 Å². The summed E-state index contributed by atoms with van der Waals surface area (Å²) in [6, 6.07) is 7.07. The number of halogens is 1. The molecular formula is C23H31FN4O. The highest BCUT2D eigenvalue weighted by Crippen LogP contribution is 2.26. The maximum Gasteiger partial charge on any atom is 0.274 e. The maximum atomic E-state index is 13.1. The molecule has 1 saturated heterocycles. The standard InChI is InChI=1S/C23H31FN4O/c1-2-28-21-11-10-19(25-13-12-17-6-8-18(24)9-7-17)16-20(21)22(26-28)23(29)27-14-4-3-5-15-27/h6-9,19,25H,2-5,10-16H2,1H3/t19-/m0/s1. The fourth-order valence-electron chi connectivity index (χ4n) is 4.61. The van der Waals surface area contributed by atoms with Gasteiger partial charge in [-0.1, -0.05) is 12.1 Å². The molecular weight excluding hydrogens is 367 g/mol. The fraction of sp³-hybridized carbons (Fsp3) is 0.565. The van der Waals surface area contributed by atoms with Crippen LogP contribution in [0, 0.1) is 5.82 Å². The maximum absolute atomic E-state index is 13.1. The van der Waals surface area contributed by atoms with Crippen molar-refractivity contribution in [1.82, 2.24) is 20.0 Å². The Hall–Kier alpha value is -2.21. The zero-order chi connectivity index (χ0) is 20.2. The fourth-order valence-corrected chi connectivity index (χ4v) is 4.61. The van der Waals surface area contributed by atoms with Crippen molar-refractivity contribution < 1.29 is 9.18 Å². The van der Waals surface area contributed by atoms with E-state index >= 15 is 0 Å². The average molecular weight is 399 g/mol. The molecule has 1 N–H and O–H groups in total. The molecule has 1 aromatic heterocycles. The molecule has 5 nitrogen and oxygen atoms in total. The second-order valence-corrected chi connectivity index (χ2v) is 8.21. The first kappa shape index (κ1) is 20.1. The number of piperidine rings is 1. The van der Waals surface area contributed by atoms with Gasteiger partial charge in [0.2, 0.25) is 0 Å². The Kier molecular flexibility index (Phi) is 6.28. The van der Waals surface area contributed by atoms with Crippen LogP contribution < -0.4 is 5.32 Å². The molecule has 6 heteroatoms. The van der Waals surface area contributed by atoms with Gasteiger partial charge in [-0.3, -0.25) is 9.48 Å². The van der Waals surface area contributed by atoms with Crippen molar-refractivity contribution in [3.63, 3.8) is 0 Å². The molecule has 2 aromatic rings. The normalized spacial score (nSPS) is 19.2. The second-order valence-electron chi connectivity index (χ2n) is 8.21. The van der Waals surface area contributed by atoms with Gasteiger partial charge >= 0.3 is 0 Å². The largest absolute Gasteiger partial charge is 0.337 e. The van der Waals surface area contributed by atoms with Gasteiger partial charge < -0.3 is 10.2 Å². The predicted molar refractivity (Wildman–Crippen MR) is 112 cm³/mol. The Morgan fingerprint density at radius 1 is 1.21 bits per heavy atom. The van der Waals surface area contributed by atoms with Crippen LogP contribution >= 0.6 is 0 Å². The third-order valence-corrected chi connectivity index (χ3v) is 6.25. The molecule has 1 atom stereocenters. The van der Waals surface area contributed by atoms with E-state index in [0.29, 0.717) is 11.7 Å². The van der Waals surface area contributed by atoms with E-state index in [1.54, 1.807) is 0 Å². The summed E-state index contributed by atoms with van der Waals surface area (Å²) >= 11 is 0. The first-order chi connectivity index (χ1) is 14.2. The molecule has 1 aliphatic carbocycles. The Morgan fingerprint density at radius 2 is 1.97 bits per heavy atom. The van der Waals surface area contributed by atoms with Crippen LogP contribution in [0.5, 0.6) is 0 Å². The number of amides is 1. The third-order valence-electron chi connectivity index (χ3n) is 6.25. The van der Waals surface area contributed by atoms with E-state index < -0.39 is 0 Å². The van der Waals surface area contributed by atoms with Gasteiger partial charge in [-0.05, 0) is 76.1 Å². The lowest BCUT2D eigenvalue weighted by atomic mass is 9.90. The van der Waals surface area contributed by atoms with Crippen molar-refractivity contribution in [2.75, 3.05) is 19.6 Å². The van der Waals surface area contributed by atoms with E-state index in [4.69, 9.17) is 5.10 Å². The minimum Gasteiger partial charge on any atom is -0.337 e. The van der Waals surface area contributed by atoms with E-state index in [-0.39, 0.29) is 11.7 Å². The van der Waals surface area contributed by atoms with Gasteiger partial charge in [0.1, 0.15) is 5.82 Å². The van der Waals surface area contributed by atoms with Gasteiger partial charge in [0.05, 0.1) is 0 Å². The Morgan fingerprint density at radius 3 is 2.69 bits per heavy atom. The van der Waals surface area contributed by atoms with Gasteiger partial charge in [0.25, 0.3) is 5.91 Å². The summed E-state index contributed by atoms with van der Waals surface area (Å²) in [5, 5.41) is 8.36. The van der Waals surface area contributed by atoms with Gasteiger partial charge in [0.15, 0.2) is 5.69 Å². The number of fused-ring (bicyclic) bond motifs is 1. The van der Waals surface area contributed by atoms with Crippen LogP contribution in [-0.2, 0) is 25.8 Å². The molecule has 4 rings (SSSR count). The number of hydrogen-bond donors (Lipinski definition) is 1. The minimum absolute atomic E-state index is 0.111. The zero-order valence-corrected chi connectivity index (χ0v) is 17.3. The van der Waals surface area contributed by atoms with Crippen molar-refractivity contribution in [2.24, 2.45) is 0 Å². The molecule has 0 saturated carbocycles. The quantitative estimate of drug-likeness (QED) is 0.812. The number of aromatic nitrogens is 2. The lowest BCUT2D eigenvalue weighted by Gasteiger charge is -2.27. The van der Waals surface area contributed by atoms with Crippen molar-refractivity contribution >= 4 is 5.91 Å². The van der Waals surface area contributed by atoms with Crippen molar-refractivity contribution in [1.29, 1.82) is 0 Å². The molecule has 1 amide bonds. The summed E-state index contributed by atoms with van der Waals surface area (Å²) < 4.78 is 15.1. The number of benzene rings is 1.